The zero-order valence-corrected chi connectivity index (χ0v) is 14.5. The van der Waals surface area contributed by atoms with E-state index in [1.54, 1.807) is 78.9 Å². The van der Waals surface area contributed by atoms with Gasteiger partial charge in [0.15, 0.2) is 0 Å². The van der Waals surface area contributed by atoms with Crippen LogP contribution in [0.5, 0.6) is 0 Å². The second-order valence-electron chi connectivity index (χ2n) is 5.90. The molecule has 3 aromatic carbocycles. The highest BCUT2D eigenvalue weighted by Gasteiger charge is 1.98. The molecule has 134 valence electrons. The van der Waals surface area contributed by atoms with E-state index in [1.165, 1.54) is 12.2 Å². The zero-order chi connectivity index (χ0) is 19.1. The fraction of sp³-hybridized carbons (Fsp3) is 0. The fourth-order valence-corrected chi connectivity index (χ4v) is 2.58. The molecule has 0 saturated carbocycles. The summed E-state index contributed by atoms with van der Waals surface area (Å²) in [5.41, 5.74) is 1.39. The van der Waals surface area contributed by atoms with Crippen LogP contribution in [-0.4, -0.2) is 0 Å². The van der Waals surface area contributed by atoms with Crippen molar-refractivity contribution >= 4 is 17.3 Å². The highest BCUT2D eigenvalue weighted by atomic mass is 16.3. The SMILES string of the molecule is [O-]C(=CC(C=C([O-])c1ccccc1)=C([O-])c1ccccc1)c1ccccc1. The van der Waals surface area contributed by atoms with Gasteiger partial charge in [-0.25, -0.2) is 0 Å². The molecule has 3 heteroatoms. The number of benzene rings is 3. The lowest BCUT2D eigenvalue weighted by molar-refractivity contribution is -0.248. The van der Waals surface area contributed by atoms with Gasteiger partial charge < -0.3 is 15.3 Å². The first-order chi connectivity index (χ1) is 13.1. The first kappa shape index (κ1) is 18.1. The molecule has 0 aromatic heterocycles. The summed E-state index contributed by atoms with van der Waals surface area (Å²) in [6.45, 7) is 0. The zero-order valence-electron chi connectivity index (χ0n) is 14.5. The Kier molecular flexibility index (Phi) is 5.75. The summed E-state index contributed by atoms with van der Waals surface area (Å²) < 4.78 is 0. The van der Waals surface area contributed by atoms with Gasteiger partial charge in [-0.05, 0) is 22.3 Å². The van der Waals surface area contributed by atoms with Crippen molar-refractivity contribution in [3.05, 3.63) is 125 Å². The molecule has 0 N–H and O–H groups in total. The van der Waals surface area contributed by atoms with Crippen LogP contribution in [0.15, 0.2) is 109 Å². The minimum atomic E-state index is -0.371. The summed E-state index contributed by atoms with van der Waals surface area (Å²) in [4.78, 5) is 0. The Morgan fingerprint density at radius 2 is 0.815 bits per heavy atom. The van der Waals surface area contributed by atoms with Gasteiger partial charge in [-0.3, -0.25) is 0 Å². The van der Waals surface area contributed by atoms with Gasteiger partial charge in [-0.2, -0.15) is 0 Å². The lowest BCUT2D eigenvalue weighted by atomic mass is 10.0. The summed E-state index contributed by atoms with van der Waals surface area (Å²) in [5.74, 6) is -1.02. The van der Waals surface area contributed by atoms with E-state index in [2.05, 4.69) is 0 Å². The third-order valence-corrected chi connectivity index (χ3v) is 3.99. The summed E-state index contributed by atoms with van der Waals surface area (Å²) >= 11 is 0. The average molecular weight is 353 g/mol. The molecular formula is C24H17O3-3. The van der Waals surface area contributed by atoms with Crippen molar-refractivity contribution in [2.24, 2.45) is 0 Å². The molecule has 0 fully saturated rings. The van der Waals surface area contributed by atoms with Crippen molar-refractivity contribution in [1.82, 2.24) is 0 Å². The second-order valence-corrected chi connectivity index (χ2v) is 5.90. The van der Waals surface area contributed by atoms with Gasteiger partial charge >= 0.3 is 0 Å². The molecule has 27 heavy (non-hydrogen) atoms. The predicted octanol–water partition coefficient (Wildman–Crippen LogP) is 2.56. The van der Waals surface area contributed by atoms with Crippen LogP contribution in [0.25, 0.3) is 17.3 Å². The number of hydrogen-bond donors (Lipinski definition) is 0. The largest absolute Gasteiger partial charge is 0.872 e. The van der Waals surface area contributed by atoms with E-state index in [0.29, 0.717) is 16.7 Å². The van der Waals surface area contributed by atoms with Gasteiger partial charge in [0.2, 0.25) is 0 Å². The summed E-state index contributed by atoms with van der Waals surface area (Å²) in [6.07, 6.45) is 2.46. The topological polar surface area (TPSA) is 69.2 Å². The minimum absolute atomic E-state index is 0.0592. The van der Waals surface area contributed by atoms with Gasteiger partial charge in [0.05, 0.1) is 0 Å². The molecule has 0 aliphatic carbocycles. The molecule has 0 aliphatic heterocycles. The Morgan fingerprint density at radius 1 is 0.481 bits per heavy atom. The normalized spacial score (nSPS) is 11.9. The maximum Gasteiger partial charge on any atom is -0.0330 e. The number of rotatable bonds is 5. The van der Waals surface area contributed by atoms with Crippen molar-refractivity contribution < 1.29 is 15.3 Å². The molecule has 0 radical (unpaired) electrons. The van der Waals surface area contributed by atoms with Crippen LogP contribution >= 0.6 is 0 Å². The van der Waals surface area contributed by atoms with E-state index in [4.69, 9.17) is 0 Å². The van der Waals surface area contributed by atoms with Gasteiger partial charge in [-0.1, -0.05) is 109 Å². The molecule has 0 spiro atoms. The van der Waals surface area contributed by atoms with E-state index in [-0.39, 0.29) is 22.9 Å². The third kappa shape index (κ3) is 4.67. The summed E-state index contributed by atoms with van der Waals surface area (Å²) in [5, 5.41) is 38.0. The van der Waals surface area contributed by atoms with E-state index < -0.39 is 0 Å². The molecule has 3 aromatic rings. The van der Waals surface area contributed by atoms with Crippen molar-refractivity contribution in [1.29, 1.82) is 0 Å². The molecular weight excluding hydrogens is 336 g/mol. The third-order valence-electron chi connectivity index (χ3n) is 3.99. The predicted molar refractivity (Wildman–Crippen MR) is 102 cm³/mol. The van der Waals surface area contributed by atoms with Crippen LogP contribution in [0.3, 0.4) is 0 Å². The van der Waals surface area contributed by atoms with Crippen LogP contribution in [0.4, 0.5) is 0 Å². The molecule has 0 saturated heterocycles. The van der Waals surface area contributed by atoms with Crippen molar-refractivity contribution in [2.75, 3.05) is 0 Å². The standard InChI is InChI=1S/C24H20O3/c25-22(18-10-4-1-5-11-18)16-21(24(27)20-14-8-3-9-15-20)17-23(26)19-12-6-2-7-13-19/h1-17,25-27H/p-3. The average Bonchev–Trinajstić information content (AvgIpc) is 2.74. The summed E-state index contributed by atoms with van der Waals surface area (Å²) in [6, 6.07) is 25.9. The van der Waals surface area contributed by atoms with Crippen molar-refractivity contribution in [2.45, 2.75) is 0 Å². The van der Waals surface area contributed by atoms with Gasteiger partial charge in [0.25, 0.3) is 0 Å². The van der Waals surface area contributed by atoms with Crippen LogP contribution in [-0.2, 0) is 0 Å². The van der Waals surface area contributed by atoms with E-state index in [0.717, 1.165) is 0 Å². The minimum Gasteiger partial charge on any atom is -0.872 e. The molecule has 0 heterocycles. The van der Waals surface area contributed by atoms with E-state index in [1.807, 2.05) is 12.1 Å². The highest BCUT2D eigenvalue weighted by Crippen LogP contribution is 2.21. The van der Waals surface area contributed by atoms with E-state index in [9.17, 15) is 15.3 Å². The van der Waals surface area contributed by atoms with Crippen LogP contribution in [0.2, 0.25) is 0 Å². The van der Waals surface area contributed by atoms with Crippen molar-refractivity contribution in [3.8, 4) is 0 Å². The lowest BCUT2D eigenvalue weighted by Crippen LogP contribution is -2.10. The number of hydrogen-bond acceptors (Lipinski definition) is 3. The van der Waals surface area contributed by atoms with Gasteiger partial charge in [-0.15, -0.1) is 11.5 Å². The number of allylic oxidation sites excluding steroid dienone is 3. The highest BCUT2D eigenvalue weighted by molar-refractivity contribution is 5.75. The van der Waals surface area contributed by atoms with E-state index >= 15 is 0 Å². The van der Waals surface area contributed by atoms with Gasteiger partial charge in [0, 0.05) is 0 Å². The Morgan fingerprint density at radius 3 is 1.19 bits per heavy atom. The maximum atomic E-state index is 12.9. The Labute approximate surface area is 158 Å². The fourth-order valence-electron chi connectivity index (χ4n) is 2.58. The molecule has 3 nitrogen and oxygen atoms in total. The first-order valence-corrected chi connectivity index (χ1v) is 8.50. The monoisotopic (exact) mass is 353 g/mol. The quantitative estimate of drug-likeness (QED) is 0.523. The van der Waals surface area contributed by atoms with Crippen molar-refractivity contribution in [3.63, 3.8) is 0 Å². The van der Waals surface area contributed by atoms with Gasteiger partial charge in [0.1, 0.15) is 0 Å². The Balaban J connectivity index is 2.10. The lowest BCUT2D eigenvalue weighted by Gasteiger charge is -2.21. The van der Waals surface area contributed by atoms with Crippen LogP contribution in [0, 0.1) is 0 Å². The second kappa shape index (κ2) is 8.59. The maximum absolute atomic E-state index is 12.9. The molecule has 0 bridgehead atoms. The Hall–Kier alpha value is -3.72. The molecule has 3 rings (SSSR count). The first-order valence-electron chi connectivity index (χ1n) is 8.50. The molecule has 0 amide bonds. The molecule has 0 atom stereocenters. The molecule has 0 aliphatic rings. The van der Waals surface area contributed by atoms with Crippen LogP contribution < -0.4 is 15.3 Å². The molecule has 0 unspecified atom stereocenters. The summed E-state index contributed by atoms with van der Waals surface area (Å²) in [7, 11) is 0. The Bertz CT molecular complexity index is 912. The smallest absolute Gasteiger partial charge is 0.0330 e. The van der Waals surface area contributed by atoms with Crippen LogP contribution in [0.1, 0.15) is 16.7 Å².